The third-order valence-electron chi connectivity index (χ3n) is 6.24. The smallest absolute Gasteiger partial charge is 0.264 e. The zero-order chi connectivity index (χ0) is 29.1. The first-order valence-corrected chi connectivity index (χ1v) is 15.4. The van der Waals surface area contributed by atoms with Crippen LogP contribution in [0.5, 0.6) is 0 Å². The van der Waals surface area contributed by atoms with Crippen LogP contribution in [0.1, 0.15) is 22.3 Å². The fourth-order valence-corrected chi connectivity index (χ4v) is 6.73. The number of hydrogen-bond acceptors (Lipinski definition) is 5. The molecule has 0 atom stereocenters. The van der Waals surface area contributed by atoms with E-state index in [-0.39, 0.29) is 9.79 Å². The van der Waals surface area contributed by atoms with Gasteiger partial charge < -0.3 is 5.32 Å². The Labute approximate surface area is 235 Å². The first-order valence-electron chi connectivity index (χ1n) is 12.5. The number of carbonyl (C=O) groups excluding carboxylic acids is 1. The molecule has 8 nitrogen and oxygen atoms in total. The molecule has 0 bridgehead atoms. The van der Waals surface area contributed by atoms with Crippen LogP contribution in [-0.4, -0.2) is 29.3 Å². The molecule has 0 unspecified atom stereocenters. The molecule has 0 saturated heterocycles. The second-order valence-corrected chi connectivity index (χ2v) is 13.2. The van der Waals surface area contributed by atoms with Gasteiger partial charge in [0.1, 0.15) is 6.54 Å². The van der Waals surface area contributed by atoms with Gasteiger partial charge in [-0.25, -0.2) is 16.8 Å². The Hall–Kier alpha value is -4.15. The van der Waals surface area contributed by atoms with Gasteiger partial charge in [0.25, 0.3) is 20.0 Å². The molecule has 0 spiro atoms. The van der Waals surface area contributed by atoms with E-state index in [0.717, 1.165) is 21.0 Å². The normalized spacial score (nSPS) is 11.6. The molecule has 10 heteroatoms. The van der Waals surface area contributed by atoms with Crippen molar-refractivity contribution in [2.75, 3.05) is 20.9 Å². The third-order valence-corrected chi connectivity index (χ3v) is 9.41. The maximum atomic E-state index is 13.7. The zero-order valence-corrected chi connectivity index (χ0v) is 24.3. The van der Waals surface area contributed by atoms with Crippen LogP contribution in [0.3, 0.4) is 0 Å². The predicted octanol–water partition coefficient (Wildman–Crippen LogP) is 5.56. The topological polar surface area (TPSA) is 113 Å². The lowest BCUT2D eigenvalue weighted by Crippen LogP contribution is -2.38. The molecule has 0 aromatic heterocycles. The fraction of sp³-hybridized carbons (Fsp3) is 0.167. The minimum absolute atomic E-state index is 0.0193. The van der Waals surface area contributed by atoms with Crippen molar-refractivity contribution in [1.82, 2.24) is 0 Å². The molecular weight excluding hydrogens is 546 g/mol. The second kappa shape index (κ2) is 11.5. The molecule has 0 radical (unpaired) electrons. The quantitative estimate of drug-likeness (QED) is 0.271. The van der Waals surface area contributed by atoms with E-state index < -0.39 is 32.5 Å². The molecule has 0 saturated carbocycles. The van der Waals surface area contributed by atoms with Crippen molar-refractivity contribution in [3.05, 3.63) is 113 Å². The highest BCUT2D eigenvalue weighted by molar-refractivity contribution is 7.93. The van der Waals surface area contributed by atoms with Crippen LogP contribution in [0.2, 0.25) is 0 Å². The van der Waals surface area contributed by atoms with Crippen LogP contribution in [-0.2, 0) is 24.8 Å². The monoisotopic (exact) mass is 577 g/mol. The van der Waals surface area contributed by atoms with Gasteiger partial charge >= 0.3 is 0 Å². The predicted molar refractivity (Wildman–Crippen MR) is 159 cm³/mol. The standard InChI is InChI=1S/C30H31N3O5S2/c1-21-8-13-28(14-9-21)40(37,38)33(29-17-10-23(3)18-24(29)4)20-30(34)31-25-11-15-27(16-12-25)39(35,36)32-26-7-5-6-22(2)19-26/h5-19,32H,20H2,1-4H3,(H,31,34). The largest absolute Gasteiger partial charge is 0.325 e. The van der Waals surface area contributed by atoms with Gasteiger partial charge in [0, 0.05) is 11.4 Å². The SMILES string of the molecule is Cc1ccc(S(=O)(=O)N(CC(=O)Nc2ccc(S(=O)(=O)Nc3cccc(C)c3)cc2)c2ccc(C)cc2C)cc1. The number of sulfonamides is 2. The van der Waals surface area contributed by atoms with E-state index in [0.29, 0.717) is 22.6 Å². The summed E-state index contributed by atoms with van der Waals surface area (Å²) in [7, 11) is -7.91. The molecule has 40 heavy (non-hydrogen) atoms. The first kappa shape index (κ1) is 28.8. The Bertz CT molecular complexity index is 1750. The number of benzene rings is 4. The summed E-state index contributed by atoms with van der Waals surface area (Å²) in [5.41, 5.74) is 4.66. The Morgan fingerprint density at radius 1 is 0.675 bits per heavy atom. The highest BCUT2D eigenvalue weighted by atomic mass is 32.2. The van der Waals surface area contributed by atoms with Crippen LogP contribution in [0.25, 0.3) is 0 Å². The number of nitrogens with zero attached hydrogens (tertiary/aromatic N) is 1. The van der Waals surface area contributed by atoms with E-state index in [2.05, 4.69) is 10.0 Å². The summed E-state index contributed by atoms with van der Waals surface area (Å²) in [5.74, 6) is -0.579. The van der Waals surface area contributed by atoms with Crippen molar-refractivity contribution < 1.29 is 21.6 Å². The molecule has 4 aromatic rings. The van der Waals surface area contributed by atoms with Crippen LogP contribution >= 0.6 is 0 Å². The molecule has 1 amide bonds. The maximum Gasteiger partial charge on any atom is 0.264 e. The summed E-state index contributed by atoms with van der Waals surface area (Å²) in [4.78, 5) is 13.2. The van der Waals surface area contributed by atoms with Crippen molar-refractivity contribution in [3.63, 3.8) is 0 Å². The summed E-state index contributed by atoms with van der Waals surface area (Å²) in [6.07, 6.45) is 0. The molecule has 0 aliphatic rings. The average molecular weight is 578 g/mol. The van der Waals surface area contributed by atoms with E-state index in [1.807, 2.05) is 32.9 Å². The van der Waals surface area contributed by atoms with Crippen molar-refractivity contribution in [3.8, 4) is 0 Å². The number of nitrogens with one attached hydrogen (secondary N) is 2. The van der Waals surface area contributed by atoms with E-state index >= 15 is 0 Å². The lowest BCUT2D eigenvalue weighted by molar-refractivity contribution is -0.114. The summed E-state index contributed by atoms with van der Waals surface area (Å²) in [6.45, 7) is 6.95. The molecule has 2 N–H and O–H groups in total. The number of carbonyl (C=O) groups is 1. The molecule has 0 aliphatic heterocycles. The molecule has 4 aromatic carbocycles. The molecule has 208 valence electrons. The van der Waals surface area contributed by atoms with Gasteiger partial charge in [-0.1, -0.05) is 47.5 Å². The van der Waals surface area contributed by atoms with Crippen molar-refractivity contribution >= 4 is 43.0 Å². The fourth-order valence-electron chi connectivity index (χ4n) is 4.19. The summed E-state index contributed by atoms with van der Waals surface area (Å²) in [6, 6.07) is 24.4. The maximum absolute atomic E-state index is 13.7. The third kappa shape index (κ3) is 6.70. The lowest BCUT2D eigenvalue weighted by Gasteiger charge is -2.26. The average Bonchev–Trinajstić information content (AvgIpc) is 2.88. The number of aryl methyl sites for hydroxylation is 4. The highest BCUT2D eigenvalue weighted by Crippen LogP contribution is 2.28. The van der Waals surface area contributed by atoms with Gasteiger partial charge in [0.05, 0.1) is 15.5 Å². The number of hydrogen-bond donors (Lipinski definition) is 2. The van der Waals surface area contributed by atoms with Gasteiger partial charge in [0.2, 0.25) is 5.91 Å². The van der Waals surface area contributed by atoms with Gasteiger partial charge in [-0.3, -0.25) is 13.8 Å². The summed E-state index contributed by atoms with van der Waals surface area (Å²) in [5, 5.41) is 2.68. The van der Waals surface area contributed by atoms with Crippen LogP contribution in [0.4, 0.5) is 17.1 Å². The van der Waals surface area contributed by atoms with Crippen molar-refractivity contribution in [2.45, 2.75) is 37.5 Å². The second-order valence-electron chi connectivity index (χ2n) is 9.66. The van der Waals surface area contributed by atoms with Crippen LogP contribution < -0.4 is 14.3 Å². The van der Waals surface area contributed by atoms with Gasteiger partial charge in [-0.05, 0) is 93.4 Å². The van der Waals surface area contributed by atoms with E-state index in [4.69, 9.17) is 0 Å². The van der Waals surface area contributed by atoms with E-state index in [1.165, 1.54) is 36.4 Å². The first-order chi connectivity index (χ1) is 18.8. The number of rotatable bonds is 9. The Balaban J connectivity index is 1.55. The van der Waals surface area contributed by atoms with Crippen LogP contribution in [0, 0.1) is 27.7 Å². The van der Waals surface area contributed by atoms with E-state index in [1.54, 1.807) is 49.4 Å². The number of amides is 1. The number of anilines is 3. The van der Waals surface area contributed by atoms with Crippen molar-refractivity contribution in [1.29, 1.82) is 0 Å². The Kier molecular flexibility index (Phi) is 8.32. The Morgan fingerprint density at radius 3 is 1.90 bits per heavy atom. The molecule has 0 fully saturated rings. The zero-order valence-electron chi connectivity index (χ0n) is 22.7. The minimum atomic E-state index is -4.07. The van der Waals surface area contributed by atoms with Crippen molar-refractivity contribution in [2.24, 2.45) is 0 Å². The summed E-state index contributed by atoms with van der Waals surface area (Å²) < 4.78 is 56.6. The molecule has 0 heterocycles. The highest BCUT2D eigenvalue weighted by Gasteiger charge is 2.28. The van der Waals surface area contributed by atoms with Gasteiger partial charge in [0.15, 0.2) is 0 Å². The minimum Gasteiger partial charge on any atom is -0.325 e. The van der Waals surface area contributed by atoms with Gasteiger partial charge in [-0.2, -0.15) is 0 Å². The molecule has 4 rings (SSSR count). The van der Waals surface area contributed by atoms with Gasteiger partial charge in [-0.15, -0.1) is 0 Å². The Morgan fingerprint density at radius 2 is 1.27 bits per heavy atom. The lowest BCUT2D eigenvalue weighted by atomic mass is 10.1. The summed E-state index contributed by atoms with van der Waals surface area (Å²) >= 11 is 0. The van der Waals surface area contributed by atoms with E-state index in [9.17, 15) is 21.6 Å². The molecule has 0 aliphatic carbocycles. The van der Waals surface area contributed by atoms with Crippen LogP contribution in [0.15, 0.2) is 101 Å². The molecular formula is C30H31N3O5S2.